The van der Waals surface area contributed by atoms with Crippen LogP contribution in [-0.4, -0.2) is 22.4 Å². The SMILES string of the molecule is O=C1NC[C@H](c2ccc(F)cc2)Cc2[nH]c(Cc3ccccc3)nc21. The number of amides is 1. The van der Waals surface area contributed by atoms with Crippen molar-refractivity contribution in [3.05, 3.63) is 88.8 Å². The highest BCUT2D eigenvalue weighted by atomic mass is 19.1. The van der Waals surface area contributed by atoms with E-state index in [0.29, 0.717) is 25.1 Å². The average Bonchev–Trinajstić information content (AvgIpc) is 2.95. The molecule has 4 rings (SSSR count). The number of aromatic nitrogens is 2. The molecule has 25 heavy (non-hydrogen) atoms. The molecule has 1 aromatic heterocycles. The van der Waals surface area contributed by atoms with Gasteiger partial charge in [-0.25, -0.2) is 9.37 Å². The molecule has 0 unspecified atom stereocenters. The van der Waals surface area contributed by atoms with Crippen molar-refractivity contribution < 1.29 is 9.18 Å². The van der Waals surface area contributed by atoms with Gasteiger partial charge in [0, 0.05) is 24.6 Å². The van der Waals surface area contributed by atoms with Crippen LogP contribution in [0.5, 0.6) is 0 Å². The number of rotatable bonds is 3. The first-order valence-electron chi connectivity index (χ1n) is 8.34. The van der Waals surface area contributed by atoms with E-state index in [1.165, 1.54) is 12.1 Å². The molecular weight excluding hydrogens is 317 g/mol. The van der Waals surface area contributed by atoms with Gasteiger partial charge >= 0.3 is 0 Å². The van der Waals surface area contributed by atoms with E-state index in [4.69, 9.17) is 0 Å². The number of aromatic amines is 1. The van der Waals surface area contributed by atoms with Crippen molar-refractivity contribution in [2.45, 2.75) is 18.8 Å². The fourth-order valence-electron chi connectivity index (χ4n) is 3.26. The quantitative estimate of drug-likeness (QED) is 0.772. The summed E-state index contributed by atoms with van der Waals surface area (Å²) in [5.41, 5.74) is 3.46. The van der Waals surface area contributed by atoms with Gasteiger partial charge in [0.25, 0.3) is 5.91 Å². The predicted molar refractivity (Wildman–Crippen MR) is 93.0 cm³/mol. The van der Waals surface area contributed by atoms with Gasteiger partial charge in [-0.15, -0.1) is 0 Å². The third-order valence-electron chi connectivity index (χ3n) is 4.56. The molecule has 3 aromatic rings. The van der Waals surface area contributed by atoms with Gasteiger partial charge in [0.1, 0.15) is 17.3 Å². The Kier molecular flexibility index (Phi) is 4.06. The van der Waals surface area contributed by atoms with Crippen molar-refractivity contribution in [2.24, 2.45) is 0 Å². The smallest absolute Gasteiger partial charge is 0.271 e. The number of H-pyrrole nitrogens is 1. The summed E-state index contributed by atoms with van der Waals surface area (Å²) in [4.78, 5) is 20.2. The van der Waals surface area contributed by atoms with Crippen LogP contribution in [0.4, 0.5) is 4.39 Å². The molecule has 2 aromatic carbocycles. The summed E-state index contributed by atoms with van der Waals surface area (Å²) >= 11 is 0. The lowest BCUT2D eigenvalue weighted by Gasteiger charge is -2.14. The Hall–Kier alpha value is -2.95. The summed E-state index contributed by atoms with van der Waals surface area (Å²) in [6, 6.07) is 16.5. The number of carbonyl (C=O) groups excluding carboxylic acids is 1. The molecule has 1 atom stereocenters. The second-order valence-electron chi connectivity index (χ2n) is 6.34. The molecule has 1 aliphatic heterocycles. The summed E-state index contributed by atoms with van der Waals surface area (Å²) < 4.78 is 13.2. The molecule has 5 heteroatoms. The number of benzene rings is 2. The molecule has 1 amide bonds. The molecule has 0 fully saturated rings. The Morgan fingerprint density at radius 3 is 2.60 bits per heavy atom. The molecule has 0 spiro atoms. The van der Waals surface area contributed by atoms with Gasteiger partial charge < -0.3 is 10.3 Å². The number of nitrogens with one attached hydrogen (secondary N) is 2. The van der Waals surface area contributed by atoms with E-state index in [2.05, 4.69) is 15.3 Å². The second kappa shape index (κ2) is 6.51. The number of halogens is 1. The van der Waals surface area contributed by atoms with Gasteiger partial charge in [-0.3, -0.25) is 4.79 Å². The van der Waals surface area contributed by atoms with E-state index in [1.807, 2.05) is 30.3 Å². The van der Waals surface area contributed by atoms with Crippen molar-refractivity contribution in [2.75, 3.05) is 6.54 Å². The number of hydrogen-bond acceptors (Lipinski definition) is 2. The molecule has 4 nitrogen and oxygen atoms in total. The zero-order valence-corrected chi connectivity index (χ0v) is 13.6. The van der Waals surface area contributed by atoms with Crippen LogP contribution in [0.1, 0.15) is 39.1 Å². The monoisotopic (exact) mass is 335 g/mol. The van der Waals surface area contributed by atoms with Crippen LogP contribution in [0.25, 0.3) is 0 Å². The van der Waals surface area contributed by atoms with E-state index in [9.17, 15) is 9.18 Å². The number of imidazole rings is 1. The Labute approximate surface area is 145 Å². The zero-order valence-electron chi connectivity index (χ0n) is 13.6. The molecule has 2 heterocycles. The second-order valence-corrected chi connectivity index (χ2v) is 6.34. The van der Waals surface area contributed by atoms with E-state index in [0.717, 1.165) is 22.6 Å². The van der Waals surface area contributed by atoms with Crippen LogP contribution in [0.3, 0.4) is 0 Å². The lowest BCUT2D eigenvalue weighted by atomic mass is 9.94. The first-order chi connectivity index (χ1) is 12.2. The maximum absolute atomic E-state index is 13.2. The van der Waals surface area contributed by atoms with Crippen molar-refractivity contribution in [3.63, 3.8) is 0 Å². The average molecular weight is 335 g/mol. The van der Waals surface area contributed by atoms with Crippen molar-refractivity contribution in [3.8, 4) is 0 Å². The minimum atomic E-state index is -0.256. The minimum absolute atomic E-state index is 0.0934. The highest BCUT2D eigenvalue weighted by molar-refractivity contribution is 5.94. The summed E-state index contributed by atoms with van der Waals surface area (Å²) in [6.07, 6.45) is 1.32. The third-order valence-corrected chi connectivity index (χ3v) is 4.56. The van der Waals surface area contributed by atoms with Crippen LogP contribution >= 0.6 is 0 Å². The fourth-order valence-corrected chi connectivity index (χ4v) is 3.26. The Bertz CT molecular complexity index is 887. The standard InChI is InChI=1S/C20H18FN3O/c21-16-8-6-14(7-9-16)15-11-17-19(20(25)22-12-15)24-18(23-17)10-13-4-2-1-3-5-13/h1-9,15H,10-12H2,(H,22,25)(H,23,24)/t15-/m1/s1. The molecule has 0 aliphatic carbocycles. The summed E-state index contributed by atoms with van der Waals surface area (Å²) in [7, 11) is 0. The highest BCUT2D eigenvalue weighted by Gasteiger charge is 2.26. The highest BCUT2D eigenvalue weighted by Crippen LogP contribution is 2.25. The van der Waals surface area contributed by atoms with Crippen molar-refractivity contribution in [1.29, 1.82) is 0 Å². The van der Waals surface area contributed by atoms with Gasteiger partial charge in [0.2, 0.25) is 0 Å². The maximum atomic E-state index is 13.2. The van der Waals surface area contributed by atoms with Crippen molar-refractivity contribution in [1.82, 2.24) is 15.3 Å². The van der Waals surface area contributed by atoms with Gasteiger partial charge in [0.05, 0.1) is 0 Å². The molecule has 126 valence electrons. The van der Waals surface area contributed by atoms with Crippen LogP contribution in [0.2, 0.25) is 0 Å². The van der Waals surface area contributed by atoms with Gasteiger partial charge in [0.15, 0.2) is 0 Å². The first kappa shape index (κ1) is 15.6. The molecule has 2 N–H and O–H groups in total. The van der Waals surface area contributed by atoms with Gasteiger partial charge in [-0.2, -0.15) is 0 Å². The molecule has 1 aliphatic rings. The van der Waals surface area contributed by atoms with Crippen molar-refractivity contribution >= 4 is 5.91 Å². The number of fused-ring (bicyclic) bond motifs is 1. The van der Waals surface area contributed by atoms with E-state index < -0.39 is 0 Å². The van der Waals surface area contributed by atoms with Crippen LogP contribution in [-0.2, 0) is 12.8 Å². The summed E-state index contributed by atoms with van der Waals surface area (Å²) in [5.74, 6) is 0.464. The minimum Gasteiger partial charge on any atom is -0.350 e. The predicted octanol–water partition coefficient (Wildman–Crippen LogP) is 3.21. The summed E-state index contributed by atoms with van der Waals surface area (Å²) in [6.45, 7) is 0.517. The van der Waals surface area contributed by atoms with E-state index in [-0.39, 0.29) is 17.6 Å². The van der Waals surface area contributed by atoms with Crippen LogP contribution in [0, 0.1) is 5.82 Å². The van der Waals surface area contributed by atoms with Gasteiger partial charge in [-0.1, -0.05) is 42.5 Å². The first-order valence-corrected chi connectivity index (χ1v) is 8.34. The molecule has 0 saturated heterocycles. The van der Waals surface area contributed by atoms with E-state index in [1.54, 1.807) is 12.1 Å². The zero-order chi connectivity index (χ0) is 17.2. The third kappa shape index (κ3) is 3.31. The maximum Gasteiger partial charge on any atom is 0.271 e. The number of hydrogen-bond donors (Lipinski definition) is 2. The number of carbonyl (C=O) groups is 1. The molecule has 0 saturated carbocycles. The number of nitrogens with zero attached hydrogens (tertiary/aromatic N) is 1. The fraction of sp³-hybridized carbons (Fsp3) is 0.200. The summed E-state index contributed by atoms with van der Waals surface area (Å²) in [5, 5.41) is 2.93. The topological polar surface area (TPSA) is 57.8 Å². The van der Waals surface area contributed by atoms with E-state index >= 15 is 0 Å². The lowest BCUT2D eigenvalue weighted by molar-refractivity contribution is 0.0950. The molecule has 0 radical (unpaired) electrons. The largest absolute Gasteiger partial charge is 0.350 e. The van der Waals surface area contributed by atoms with Gasteiger partial charge in [-0.05, 0) is 29.7 Å². The Morgan fingerprint density at radius 2 is 1.84 bits per heavy atom. The Morgan fingerprint density at radius 1 is 1.08 bits per heavy atom. The Balaban J connectivity index is 1.61. The van der Waals surface area contributed by atoms with Crippen LogP contribution in [0.15, 0.2) is 54.6 Å². The normalized spacial score (nSPS) is 16.8. The molecular formula is C20H18FN3O. The molecule has 0 bridgehead atoms. The lowest BCUT2D eigenvalue weighted by Crippen LogP contribution is -2.26. The van der Waals surface area contributed by atoms with Crippen LogP contribution < -0.4 is 5.32 Å².